The molecule has 1 N–H and O–H groups in total. The van der Waals surface area contributed by atoms with E-state index in [-0.39, 0.29) is 23.6 Å². The van der Waals surface area contributed by atoms with Gasteiger partial charge in [0.1, 0.15) is 5.39 Å². The highest BCUT2D eigenvalue weighted by molar-refractivity contribution is 7.99. The molecule has 0 bridgehead atoms. The standard InChI is InChI=1S/C21H22ClN5O2S/c22-13-5-4-8-15(9-13)27-19-17(11-23-27)20(29)26-16(12-30-21(26)25-19)10-18(28)24-14-6-2-1-3-7-14/h4-5,8-9,11,14,16H,1-3,6-7,10,12H2,(H,24,28). The molecule has 2 aliphatic rings. The van der Waals surface area contributed by atoms with Gasteiger partial charge in [0.05, 0.1) is 17.9 Å². The Hall–Kier alpha value is -2.32. The maximum atomic E-state index is 13.2. The molecule has 7 nitrogen and oxygen atoms in total. The Bertz CT molecular complexity index is 1170. The van der Waals surface area contributed by atoms with Gasteiger partial charge in [-0.2, -0.15) is 5.10 Å². The molecule has 9 heteroatoms. The second kappa shape index (κ2) is 8.07. The molecule has 0 saturated heterocycles. The first kappa shape index (κ1) is 19.6. The van der Waals surface area contributed by atoms with Crippen molar-refractivity contribution in [3.63, 3.8) is 0 Å². The summed E-state index contributed by atoms with van der Waals surface area (Å²) in [7, 11) is 0. The summed E-state index contributed by atoms with van der Waals surface area (Å²) >= 11 is 7.61. The van der Waals surface area contributed by atoms with Crippen LogP contribution in [0.4, 0.5) is 0 Å². The summed E-state index contributed by atoms with van der Waals surface area (Å²) in [5.74, 6) is 0.680. The minimum atomic E-state index is -0.187. The molecule has 156 valence electrons. The van der Waals surface area contributed by atoms with Crippen LogP contribution in [-0.2, 0) is 4.79 Å². The zero-order valence-electron chi connectivity index (χ0n) is 16.4. The quantitative estimate of drug-likeness (QED) is 0.621. The number of aromatic nitrogens is 4. The lowest BCUT2D eigenvalue weighted by molar-refractivity contribution is -0.122. The summed E-state index contributed by atoms with van der Waals surface area (Å²) in [6.07, 6.45) is 7.53. The first-order chi connectivity index (χ1) is 14.6. The van der Waals surface area contributed by atoms with Crippen LogP contribution in [0.1, 0.15) is 44.6 Å². The van der Waals surface area contributed by atoms with Gasteiger partial charge < -0.3 is 5.32 Å². The topological polar surface area (TPSA) is 81.8 Å². The van der Waals surface area contributed by atoms with E-state index >= 15 is 0 Å². The molecule has 1 amide bonds. The predicted octanol–water partition coefficient (Wildman–Crippen LogP) is 3.72. The Labute approximate surface area is 182 Å². The summed E-state index contributed by atoms with van der Waals surface area (Å²) in [5.41, 5.74) is 1.11. The van der Waals surface area contributed by atoms with Crippen LogP contribution in [0.3, 0.4) is 0 Å². The fourth-order valence-corrected chi connectivity index (χ4v) is 5.64. The van der Waals surface area contributed by atoms with E-state index in [1.165, 1.54) is 31.0 Å². The van der Waals surface area contributed by atoms with Crippen molar-refractivity contribution in [2.24, 2.45) is 0 Å². The van der Waals surface area contributed by atoms with E-state index in [1.54, 1.807) is 27.6 Å². The van der Waals surface area contributed by atoms with Crippen LogP contribution in [-0.4, -0.2) is 37.0 Å². The lowest BCUT2D eigenvalue weighted by Crippen LogP contribution is -2.38. The van der Waals surface area contributed by atoms with Crippen molar-refractivity contribution in [1.82, 2.24) is 24.6 Å². The van der Waals surface area contributed by atoms with Crippen LogP contribution in [0, 0.1) is 0 Å². The van der Waals surface area contributed by atoms with Crippen molar-refractivity contribution in [2.75, 3.05) is 5.75 Å². The highest BCUT2D eigenvalue weighted by Crippen LogP contribution is 2.33. The third-order valence-corrected chi connectivity index (χ3v) is 7.15. The summed E-state index contributed by atoms with van der Waals surface area (Å²) in [4.78, 5) is 30.5. The van der Waals surface area contributed by atoms with Crippen LogP contribution in [0.15, 0.2) is 40.4 Å². The number of nitrogens with one attached hydrogen (secondary N) is 1. The maximum Gasteiger partial charge on any atom is 0.265 e. The summed E-state index contributed by atoms with van der Waals surface area (Å²) < 4.78 is 3.30. The molecule has 1 aromatic carbocycles. The van der Waals surface area contributed by atoms with E-state index in [0.717, 1.165) is 18.5 Å². The minimum Gasteiger partial charge on any atom is -0.353 e. The lowest BCUT2D eigenvalue weighted by Gasteiger charge is -2.23. The van der Waals surface area contributed by atoms with Crippen LogP contribution >= 0.6 is 23.4 Å². The van der Waals surface area contributed by atoms with Crippen molar-refractivity contribution >= 4 is 40.3 Å². The number of hydrogen-bond donors (Lipinski definition) is 1. The zero-order chi connectivity index (χ0) is 20.7. The molecular weight excluding hydrogens is 422 g/mol. The van der Waals surface area contributed by atoms with E-state index in [9.17, 15) is 9.59 Å². The van der Waals surface area contributed by atoms with Gasteiger partial charge in [-0.1, -0.05) is 48.7 Å². The molecule has 1 saturated carbocycles. The number of rotatable bonds is 4. The maximum absolute atomic E-state index is 13.2. The highest BCUT2D eigenvalue weighted by Gasteiger charge is 2.30. The second-order valence-corrected chi connectivity index (χ2v) is 9.34. The summed E-state index contributed by atoms with van der Waals surface area (Å²) in [6.45, 7) is 0. The van der Waals surface area contributed by atoms with Gasteiger partial charge in [0.15, 0.2) is 10.8 Å². The van der Waals surface area contributed by atoms with Crippen LogP contribution in [0.25, 0.3) is 16.7 Å². The first-order valence-electron chi connectivity index (χ1n) is 10.3. The Kier molecular flexibility index (Phi) is 5.28. The third kappa shape index (κ3) is 3.63. The zero-order valence-corrected chi connectivity index (χ0v) is 18.0. The molecule has 1 atom stereocenters. The van der Waals surface area contributed by atoms with E-state index < -0.39 is 0 Å². The number of thioether (sulfide) groups is 1. The number of halogens is 1. The molecule has 3 heterocycles. The van der Waals surface area contributed by atoms with E-state index in [4.69, 9.17) is 16.6 Å². The van der Waals surface area contributed by atoms with Gasteiger partial charge in [0, 0.05) is 23.2 Å². The van der Waals surface area contributed by atoms with Crippen molar-refractivity contribution in [3.05, 3.63) is 45.8 Å². The molecule has 5 rings (SSSR count). The monoisotopic (exact) mass is 443 g/mol. The van der Waals surface area contributed by atoms with Gasteiger partial charge in [-0.25, -0.2) is 9.67 Å². The molecule has 1 aliphatic carbocycles. The first-order valence-corrected chi connectivity index (χ1v) is 11.6. The van der Waals surface area contributed by atoms with Gasteiger partial charge in [0.2, 0.25) is 5.91 Å². The Morgan fingerprint density at radius 2 is 2.10 bits per heavy atom. The van der Waals surface area contributed by atoms with Gasteiger partial charge in [-0.3, -0.25) is 14.2 Å². The Balaban J connectivity index is 1.43. The fraction of sp³-hybridized carbons (Fsp3) is 0.429. The number of nitrogens with zero attached hydrogens (tertiary/aromatic N) is 4. The number of fused-ring (bicyclic) bond motifs is 2. The van der Waals surface area contributed by atoms with Crippen molar-refractivity contribution in [2.45, 2.75) is 55.8 Å². The van der Waals surface area contributed by atoms with Gasteiger partial charge in [-0.15, -0.1) is 0 Å². The van der Waals surface area contributed by atoms with Gasteiger partial charge in [-0.05, 0) is 31.0 Å². The van der Waals surface area contributed by atoms with E-state index in [1.807, 2.05) is 12.1 Å². The molecule has 0 spiro atoms. The van der Waals surface area contributed by atoms with Crippen LogP contribution < -0.4 is 10.9 Å². The van der Waals surface area contributed by atoms with E-state index in [2.05, 4.69) is 10.4 Å². The Morgan fingerprint density at radius 1 is 1.27 bits per heavy atom. The number of carbonyl (C=O) groups is 1. The van der Waals surface area contributed by atoms with Crippen molar-refractivity contribution < 1.29 is 4.79 Å². The average molecular weight is 444 g/mol. The SMILES string of the molecule is O=C(CC1CSc2nc3c(cnn3-c3cccc(Cl)c3)c(=O)n21)NC1CCCCC1. The molecule has 1 fully saturated rings. The largest absolute Gasteiger partial charge is 0.353 e. The van der Waals surface area contributed by atoms with E-state index in [0.29, 0.717) is 33.4 Å². The molecule has 30 heavy (non-hydrogen) atoms. The molecule has 3 aromatic rings. The highest BCUT2D eigenvalue weighted by atomic mass is 35.5. The average Bonchev–Trinajstić information content (AvgIpc) is 3.34. The van der Waals surface area contributed by atoms with Crippen molar-refractivity contribution in [1.29, 1.82) is 0 Å². The molecule has 0 radical (unpaired) electrons. The van der Waals surface area contributed by atoms with Gasteiger partial charge >= 0.3 is 0 Å². The smallest absolute Gasteiger partial charge is 0.265 e. The van der Waals surface area contributed by atoms with Gasteiger partial charge in [0.25, 0.3) is 5.56 Å². The second-order valence-electron chi connectivity index (χ2n) is 7.91. The number of hydrogen-bond acceptors (Lipinski definition) is 5. The fourth-order valence-electron chi connectivity index (χ4n) is 4.33. The summed E-state index contributed by atoms with van der Waals surface area (Å²) in [6, 6.07) is 7.36. The number of amides is 1. The lowest BCUT2D eigenvalue weighted by atomic mass is 9.95. The Morgan fingerprint density at radius 3 is 2.90 bits per heavy atom. The molecule has 1 unspecified atom stereocenters. The molecule has 2 aromatic heterocycles. The predicted molar refractivity (Wildman–Crippen MR) is 118 cm³/mol. The minimum absolute atomic E-state index is 0.0157. The van der Waals surface area contributed by atoms with Crippen molar-refractivity contribution in [3.8, 4) is 5.69 Å². The van der Waals surface area contributed by atoms with Crippen LogP contribution in [0.5, 0.6) is 0 Å². The number of benzene rings is 1. The molecule has 1 aliphatic heterocycles. The number of carbonyl (C=O) groups excluding carboxylic acids is 1. The third-order valence-electron chi connectivity index (χ3n) is 5.81. The molecular formula is C21H22ClN5O2S. The van der Waals surface area contributed by atoms with Crippen LogP contribution in [0.2, 0.25) is 5.02 Å². The summed E-state index contributed by atoms with van der Waals surface area (Å²) in [5, 5.41) is 9.18. The normalized spacial score (nSPS) is 19.2.